The highest BCUT2D eigenvalue weighted by atomic mass is 16.5. The van der Waals surface area contributed by atoms with Gasteiger partial charge in [0.2, 0.25) is 5.91 Å². The molecule has 0 saturated carbocycles. The van der Waals surface area contributed by atoms with Gasteiger partial charge in [0.05, 0.1) is 18.4 Å². The lowest BCUT2D eigenvalue weighted by Crippen LogP contribution is -2.24. The van der Waals surface area contributed by atoms with Crippen molar-refractivity contribution in [3.05, 3.63) is 41.5 Å². The van der Waals surface area contributed by atoms with Crippen molar-refractivity contribution < 1.29 is 24.2 Å². The second-order valence-corrected chi connectivity index (χ2v) is 4.58. The normalized spacial score (nSPS) is 15.2. The van der Waals surface area contributed by atoms with E-state index in [1.807, 2.05) is 0 Å². The van der Waals surface area contributed by atoms with Gasteiger partial charge in [0.25, 0.3) is 0 Å². The third-order valence-corrected chi connectivity index (χ3v) is 3.25. The van der Waals surface area contributed by atoms with E-state index in [1.54, 1.807) is 12.1 Å². The number of likely N-dealkylation sites (tertiary alicyclic amines) is 1. The SMILES string of the molecule is COC(=O)C=C(c1ccc(C(=O)O)cc1)N1CCCC1=O. The summed E-state index contributed by atoms with van der Waals surface area (Å²) in [7, 11) is 1.26. The number of nitrogens with zero attached hydrogens (tertiary/aromatic N) is 1. The summed E-state index contributed by atoms with van der Waals surface area (Å²) in [4.78, 5) is 35.8. The Labute approximate surface area is 121 Å². The Morgan fingerprint density at radius 3 is 2.33 bits per heavy atom. The van der Waals surface area contributed by atoms with Crippen molar-refractivity contribution in [2.24, 2.45) is 0 Å². The standard InChI is InChI=1S/C15H15NO5/c1-21-14(18)9-12(16-8-2-3-13(16)17)10-4-6-11(7-5-10)15(19)20/h4-7,9H,2-3,8H2,1H3,(H,19,20). The average Bonchev–Trinajstić information content (AvgIpc) is 2.90. The molecule has 1 aromatic rings. The van der Waals surface area contributed by atoms with Gasteiger partial charge in [-0.1, -0.05) is 12.1 Å². The van der Waals surface area contributed by atoms with E-state index in [-0.39, 0.29) is 11.5 Å². The highest BCUT2D eigenvalue weighted by Gasteiger charge is 2.25. The first kappa shape index (κ1) is 14.8. The first-order chi connectivity index (χ1) is 10.0. The zero-order chi connectivity index (χ0) is 15.4. The molecule has 0 spiro atoms. The first-order valence-corrected chi connectivity index (χ1v) is 6.46. The number of benzene rings is 1. The number of carboxylic acid groups (broad SMARTS) is 1. The number of hydrogen-bond acceptors (Lipinski definition) is 4. The van der Waals surface area contributed by atoms with E-state index in [1.165, 1.54) is 30.2 Å². The second-order valence-electron chi connectivity index (χ2n) is 4.58. The van der Waals surface area contributed by atoms with Crippen LogP contribution in [0.5, 0.6) is 0 Å². The summed E-state index contributed by atoms with van der Waals surface area (Å²) >= 11 is 0. The van der Waals surface area contributed by atoms with Gasteiger partial charge in [-0.3, -0.25) is 4.79 Å². The average molecular weight is 289 g/mol. The van der Waals surface area contributed by atoms with Crippen LogP contribution in [0.1, 0.15) is 28.8 Å². The highest BCUT2D eigenvalue weighted by molar-refractivity contribution is 5.97. The highest BCUT2D eigenvalue weighted by Crippen LogP contribution is 2.25. The minimum atomic E-state index is -1.03. The number of carboxylic acids is 1. The zero-order valence-corrected chi connectivity index (χ0v) is 11.5. The fourth-order valence-corrected chi connectivity index (χ4v) is 2.17. The Balaban J connectivity index is 2.39. The summed E-state index contributed by atoms with van der Waals surface area (Å²) in [6.45, 7) is 0.530. The van der Waals surface area contributed by atoms with Gasteiger partial charge >= 0.3 is 11.9 Å². The molecule has 1 saturated heterocycles. The molecule has 21 heavy (non-hydrogen) atoms. The van der Waals surface area contributed by atoms with E-state index in [4.69, 9.17) is 5.11 Å². The molecule has 1 fully saturated rings. The summed E-state index contributed by atoms with van der Waals surface area (Å²) in [5.41, 5.74) is 1.17. The van der Waals surface area contributed by atoms with Crippen molar-refractivity contribution in [1.29, 1.82) is 0 Å². The molecular formula is C15H15NO5. The Hall–Kier alpha value is -2.63. The van der Waals surface area contributed by atoms with Crippen LogP contribution in [0.2, 0.25) is 0 Å². The van der Waals surface area contributed by atoms with Crippen LogP contribution in [0, 0.1) is 0 Å². The lowest BCUT2D eigenvalue weighted by Gasteiger charge is -2.20. The van der Waals surface area contributed by atoms with Crippen LogP contribution in [0.25, 0.3) is 5.70 Å². The van der Waals surface area contributed by atoms with E-state index in [0.717, 1.165) is 6.42 Å². The molecule has 1 amide bonds. The summed E-state index contributed by atoms with van der Waals surface area (Å²) in [5, 5.41) is 8.90. The Bertz CT molecular complexity index is 603. The predicted octanol–water partition coefficient (Wildman–Crippen LogP) is 1.52. The van der Waals surface area contributed by atoms with Crippen LogP contribution in [0.4, 0.5) is 0 Å². The van der Waals surface area contributed by atoms with E-state index in [9.17, 15) is 14.4 Å². The van der Waals surface area contributed by atoms with Gasteiger partial charge in [0.1, 0.15) is 0 Å². The van der Waals surface area contributed by atoms with Gasteiger partial charge in [-0.15, -0.1) is 0 Å². The molecule has 1 aliphatic heterocycles. The molecule has 0 atom stereocenters. The molecule has 110 valence electrons. The smallest absolute Gasteiger partial charge is 0.335 e. The number of rotatable bonds is 4. The molecule has 6 nitrogen and oxygen atoms in total. The number of aromatic carboxylic acids is 1. The summed E-state index contributed by atoms with van der Waals surface area (Å²) in [6, 6.07) is 6.01. The molecule has 0 bridgehead atoms. The number of ether oxygens (including phenoxy) is 1. The minimum absolute atomic E-state index is 0.0625. The number of carbonyl (C=O) groups excluding carboxylic acids is 2. The van der Waals surface area contributed by atoms with E-state index < -0.39 is 11.9 Å². The lowest BCUT2D eigenvalue weighted by atomic mass is 10.1. The predicted molar refractivity (Wildman–Crippen MR) is 74.3 cm³/mol. The number of hydrogen-bond donors (Lipinski definition) is 1. The van der Waals surface area contributed by atoms with E-state index in [2.05, 4.69) is 4.74 Å². The van der Waals surface area contributed by atoms with E-state index in [0.29, 0.717) is 24.2 Å². The lowest BCUT2D eigenvalue weighted by molar-refractivity contribution is -0.134. The van der Waals surface area contributed by atoms with Gasteiger partial charge in [-0.05, 0) is 24.1 Å². The molecular weight excluding hydrogens is 274 g/mol. The van der Waals surface area contributed by atoms with Crippen molar-refractivity contribution in [2.45, 2.75) is 12.8 Å². The number of methoxy groups -OCH3 is 1. The number of amides is 1. The van der Waals surface area contributed by atoms with Crippen LogP contribution >= 0.6 is 0 Å². The third kappa shape index (κ3) is 3.28. The fourth-order valence-electron chi connectivity index (χ4n) is 2.17. The van der Waals surface area contributed by atoms with Crippen molar-refractivity contribution in [3.8, 4) is 0 Å². The van der Waals surface area contributed by atoms with Gasteiger partial charge in [-0.25, -0.2) is 9.59 Å². The maximum Gasteiger partial charge on any atom is 0.335 e. The van der Waals surface area contributed by atoms with Gasteiger partial charge in [0, 0.05) is 19.0 Å². The molecule has 0 unspecified atom stereocenters. The van der Waals surface area contributed by atoms with Crippen LogP contribution in [0.3, 0.4) is 0 Å². The summed E-state index contributed by atoms with van der Waals surface area (Å²) in [5.74, 6) is -1.66. The van der Waals surface area contributed by atoms with Crippen LogP contribution in [0.15, 0.2) is 30.3 Å². The molecule has 1 N–H and O–H groups in total. The number of esters is 1. The maximum atomic E-state index is 11.9. The van der Waals surface area contributed by atoms with Crippen LogP contribution in [-0.2, 0) is 14.3 Å². The Morgan fingerprint density at radius 1 is 1.24 bits per heavy atom. The molecule has 0 aromatic heterocycles. The van der Waals surface area contributed by atoms with E-state index >= 15 is 0 Å². The topological polar surface area (TPSA) is 83.9 Å². The summed E-state index contributed by atoms with van der Waals surface area (Å²) < 4.78 is 4.61. The monoisotopic (exact) mass is 289 g/mol. The van der Waals surface area contributed by atoms with Crippen molar-refractivity contribution in [1.82, 2.24) is 4.90 Å². The van der Waals surface area contributed by atoms with Crippen molar-refractivity contribution in [2.75, 3.05) is 13.7 Å². The molecule has 0 aliphatic carbocycles. The third-order valence-electron chi connectivity index (χ3n) is 3.25. The molecule has 1 aromatic carbocycles. The maximum absolute atomic E-state index is 11.9. The minimum Gasteiger partial charge on any atom is -0.478 e. The number of carbonyl (C=O) groups is 3. The molecule has 1 aliphatic rings. The molecule has 6 heteroatoms. The molecule has 0 radical (unpaired) electrons. The Morgan fingerprint density at radius 2 is 1.86 bits per heavy atom. The second kappa shape index (κ2) is 6.21. The Kier molecular flexibility index (Phi) is 4.37. The molecule has 1 heterocycles. The fraction of sp³-hybridized carbons (Fsp3) is 0.267. The van der Waals surface area contributed by atoms with Gasteiger partial charge < -0.3 is 14.7 Å². The van der Waals surface area contributed by atoms with Crippen molar-refractivity contribution >= 4 is 23.5 Å². The van der Waals surface area contributed by atoms with Crippen LogP contribution in [-0.4, -0.2) is 41.5 Å². The van der Waals surface area contributed by atoms with Gasteiger partial charge in [-0.2, -0.15) is 0 Å². The molecule has 2 rings (SSSR count). The quantitative estimate of drug-likeness (QED) is 0.671. The van der Waals surface area contributed by atoms with Crippen molar-refractivity contribution in [3.63, 3.8) is 0 Å². The first-order valence-electron chi connectivity index (χ1n) is 6.46. The van der Waals surface area contributed by atoms with Gasteiger partial charge in [0.15, 0.2) is 0 Å². The largest absolute Gasteiger partial charge is 0.478 e. The van der Waals surface area contributed by atoms with Crippen LogP contribution < -0.4 is 0 Å². The summed E-state index contributed by atoms with van der Waals surface area (Å²) in [6.07, 6.45) is 2.41. The zero-order valence-electron chi connectivity index (χ0n) is 11.5.